The summed E-state index contributed by atoms with van der Waals surface area (Å²) in [5.74, 6) is -0.434. The van der Waals surface area contributed by atoms with E-state index in [0.717, 1.165) is 5.56 Å². The standard InChI is InChI=1S/C24H21NO5/c1-29-21-13-9-18(10-14-21)22(26)16-30-24(28)19-7-11-20(12-8-19)25-23(27)15-17-5-3-2-4-6-17/h2-14H,15-16H2,1H3,(H,25,27). The van der Waals surface area contributed by atoms with Crippen molar-refractivity contribution in [2.24, 2.45) is 0 Å². The minimum Gasteiger partial charge on any atom is -0.497 e. The van der Waals surface area contributed by atoms with Crippen molar-refractivity contribution < 1.29 is 23.9 Å². The highest BCUT2D eigenvalue weighted by Gasteiger charge is 2.12. The molecule has 0 unspecified atom stereocenters. The Morgan fingerprint density at radius 3 is 2.07 bits per heavy atom. The molecule has 0 fully saturated rings. The van der Waals surface area contributed by atoms with Gasteiger partial charge in [-0.25, -0.2) is 4.79 Å². The fourth-order valence-electron chi connectivity index (χ4n) is 2.75. The van der Waals surface area contributed by atoms with Crippen LogP contribution in [0.5, 0.6) is 5.75 Å². The molecule has 0 aliphatic heterocycles. The Morgan fingerprint density at radius 2 is 1.43 bits per heavy atom. The Morgan fingerprint density at radius 1 is 0.800 bits per heavy atom. The third kappa shape index (κ3) is 5.78. The summed E-state index contributed by atoms with van der Waals surface area (Å²) in [4.78, 5) is 36.4. The van der Waals surface area contributed by atoms with Gasteiger partial charge in [0, 0.05) is 11.3 Å². The highest BCUT2D eigenvalue weighted by molar-refractivity contribution is 5.99. The van der Waals surface area contributed by atoms with Crippen molar-refractivity contribution in [2.75, 3.05) is 19.0 Å². The second-order valence-corrected chi connectivity index (χ2v) is 6.52. The topological polar surface area (TPSA) is 81.7 Å². The molecule has 0 saturated carbocycles. The van der Waals surface area contributed by atoms with Crippen molar-refractivity contribution in [2.45, 2.75) is 6.42 Å². The van der Waals surface area contributed by atoms with Crippen LogP contribution < -0.4 is 10.1 Å². The lowest BCUT2D eigenvalue weighted by atomic mass is 10.1. The first-order valence-electron chi connectivity index (χ1n) is 9.33. The van der Waals surface area contributed by atoms with Gasteiger partial charge in [-0.3, -0.25) is 9.59 Å². The molecule has 1 N–H and O–H groups in total. The van der Waals surface area contributed by atoms with E-state index in [2.05, 4.69) is 5.32 Å². The predicted molar refractivity (Wildman–Crippen MR) is 113 cm³/mol. The summed E-state index contributed by atoms with van der Waals surface area (Å²) in [6.45, 7) is -0.360. The Kier molecular flexibility index (Phi) is 6.95. The molecule has 0 atom stereocenters. The van der Waals surface area contributed by atoms with Gasteiger partial charge in [0.05, 0.1) is 19.1 Å². The molecule has 3 aromatic carbocycles. The molecule has 0 aliphatic rings. The number of benzene rings is 3. The summed E-state index contributed by atoms with van der Waals surface area (Å²) >= 11 is 0. The van der Waals surface area contributed by atoms with E-state index in [1.54, 1.807) is 55.6 Å². The fraction of sp³-hybridized carbons (Fsp3) is 0.125. The first-order chi connectivity index (χ1) is 14.5. The molecule has 0 saturated heterocycles. The van der Waals surface area contributed by atoms with Gasteiger partial charge >= 0.3 is 5.97 Å². The molecule has 0 aliphatic carbocycles. The number of carbonyl (C=O) groups is 3. The van der Waals surface area contributed by atoms with Crippen LogP contribution in [0, 0.1) is 0 Å². The van der Waals surface area contributed by atoms with Crippen LogP contribution in [0.1, 0.15) is 26.3 Å². The summed E-state index contributed by atoms with van der Waals surface area (Å²) < 4.78 is 10.1. The SMILES string of the molecule is COc1ccc(C(=O)COC(=O)c2ccc(NC(=O)Cc3ccccc3)cc2)cc1. The largest absolute Gasteiger partial charge is 0.497 e. The van der Waals surface area contributed by atoms with E-state index in [-0.39, 0.29) is 24.7 Å². The van der Waals surface area contributed by atoms with Crippen molar-refractivity contribution in [3.05, 3.63) is 95.6 Å². The summed E-state index contributed by atoms with van der Waals surface area (Å²) in [6.07, 6.45) is 0.262. The van der Waals surface area contributed by atoms with E-state index >= 15 is 0 Å². The smallest absolute Gasteiger partial charge is 0.338 e. The Labute approximate surface area is 174 Å². The molecule has 6 nitrogen and oxygen atoms in total. The van der Waals surface area contributed by atoms with Gasteiger partial charge in [0.15, 0.2) is 12.4 Å². The first-order valence-corrected chi connectivity index (χ1v) is 9.33. The van der Waals surface area contributed by atoms with E-state index < -0.39 is 5.97 Å². The highest BCUT2D eigenvalue weighted by Crippen LogP contribution is 2.14. The summed E-state index contributed by atoms with van der Waals surface area (Å²) in [5.41, 5.74) is 2.21. The maximum atomic E-state index is 12.2. The first kappa shape index (κ1) is 20.8. The molecule has 0 bridgehead atoms. The number of amides is 1. The Bertz CT molecular complexity index is 1010. The lowest BCUT2D eigenvalue weighted by Gasteiger charge is -2.08. The summed E-state index contributed by atoms with van der Waals surface area (Å²) in [7, 11) is 1.54. The lowest BCUT2D eigenvalue weighted by Crippen LogP contribution is -2.15. The average molecular weight is 403 g/mol. The molecule has 6 heteroatoms. The van der Waals surface area contributed by atoms with Crippen LogP contribution in [0.25, 0.3) is 0 Å². The third-order valence-corrected chi connectivity index (χ3v) is 4.36. The van der Waals surface area contributed by atoms with Crippen molar-refractivity contribution in [3.63, 3.8) is 0 Å². The van der Waals surface area contributed by atoms with Gasteiger partial charge < -0.3 is 14.8 Å². The summed E-state index contributed by atoms with van der Waals surface area (Å²) in [6, 6.07) is 22.3. The second kappa shape index (κ2) is 10.0. The molecule has 0 spiro atoms. The number of methoxy groups -OCH3 is 1. The monoisotopic (exact) mass is 403 g/mol. The highest BCUT2D eigenvalue weighted by atomic mass is 16.5. The van der Waals surface area contributed by atoms with E-state index in [4.69, 9.17) is 9.47 Å². The van der Waals surface area contributed by atoms with Crippen LogP contribution in [0.2, 0.25) is 0 Å². The van der Waals surface area contributed by atoms with Gasteiger partial charge in [-0.05, 0) is 54.1 Å². The van der Waals surface area contributed by atoms with Crippen molar-refractivity contribution in [3.8, 4) is 5.75 Å². The van der Waals surface area contributed by atoms with E-state index in [1.807, 2.05) is 30.3 Å². The lowest BCUT2D eigenvalue weighted by molar-refractivity contribution is -0.115. The number of esters is 1. The molecule has 0 heterocycles. The molecule has 30 heavy (non-hydrogen) atoms. The Hall–Kier alpha value is -3.93. The van der Waals surface area contributed by atoms with Crippen LogP contribution in [0.3, 0.4) is 0 Å². The number of nitrogens with one attached hydrogen (secondary N) is 1. The minimum atomic E-state index is -0.612. The van der Waals surface area contributed by atoms with Crippen molar-refractivity contribution in [1.82, 2.24) is 0 Å². The molecule has 3 aromatic rings. The minimum absolute atomic E-state index is 0.151. The number of anilines is 1. The number of ketones is 1. The van der Waals surface area contributed by atoms with Gasteiger partial charge in [-0.1, -0.05) is 30.3 Å². The van der Waals surface area contributed by atoms with Gasteiger partial charge in [0.2, 0.25) is 5.91 Å². The molecule has 0 radical (unpaired) electrons. The molecule has 3 rings (SSSR count). The van der Waals surface area contributed by atoms with E-state index in [9.17, 15) is 14.4 Å². The van der Waals surface area contributed by atoms with Gasteiger partial charge in [-0.2, -0.15) is 0 Å². The number of Topliss-reactive ketones (excluding diaryl/α,β-unsaturated/α-hetero) is 1. The van der Waals surface area contributed by atoms with Gasteiger partial charge in [0.1, 0.15) is 5.75 Å². The van der Waals surface area contributed by atoms with Crippen LogP contribution in [0.15, 0.2) is 78.9 Å². The normalized spacial score (nSPS) is 10.2. The predicted octanol–water partition coefficient (Wildman–Crippen LogP) is 3.92. The zero-order valence-corrected chi connectivity index (χ0v) is 16.5. The third-order valence-electron chi connectivity index (χ3n) is 4.36. The number of hydrogen-bond acceptors (Lipinski definition) is 5. The van der Waals surface area contributed by atoms with Crippen LogP contribution in [-0.2, 0) is 16.0 Å². The molecule has 152 valence electrons. The molecule has 1 amide bonds. The van der Waals surface area contributed by atoms with Crippen LogP contribution in [-0.4, -0.2) is 31.4 Å². The number of carbonyl (C=O) groups excluding carboxylic acids is 3. The molecule has 0 aromatic heterocycles. The van der Waals surface area contributed by atoms with E-state index in [1.165, 1.54) is 0 Å². The van der Waals surface area contributed by atoms with Crippen LogP contribution in [0.4, 0.5) is 5.69 Å². The van der Waals surface area contributed by atoms with Crippen LogP contribution >= 0.6 is 0 Å². The maximum Gasteiger partial charge on any atom is 0.338 e. The Balaban J connectivity index is 1.50. The molecular weight excluding hydrogens is 382 g/mol. The van der Waals surface area contributed by atoms with Crippen molar-refractivity contribution >= 4 is 23.3 Å². The maximum absolute atomic E-state index is 12.2. The van der Waals surface area contributed by atoms with Crippen molar-refractivity contribution in [1.29, 1.82) is 0 Å². The number of ether oxygens (including phenoxy) is 2. The molecular formula is C24H21NO5. The fourth-order valence-corrected chi connectivity index (χ4v) is 2.75. The zero-order chi connectivity index (χ0) is 21.3. The zero-order valence-electron chi connectivity index (χ0n) is 16.5. The number of hydrogen-bond donors (Lipinski definition) is 1. The van der Waals surface area contributed by atoms with Gasteiger partial charge in [0.25, 0.3) is 0 Å². The second-order valence-electron chi connectivity index (χ2n) is 6.52. The van der Waals surface area contributed by atoms with Gasteiger partial charge in [-0.15, -0.1) is 0 Å². The quantitative estimate of drug-likeness (QED) is 0.455. The average Bonchev–Trinajstić information content (AvgIpc) is 2.78. The van der Waals surface area contributed by atoms with E-state index in [0.29, 0.717) is 22.6 Å². The number of rotatable bonds is 8. The summed E-state index contributed by atoms with van der Waals surface area (Å²) in [5, 5.41) is 2.78.